The van der Waals surface area contributed by atoms with Gasteiger partial charge in [0.25, 0.3) is 0 Å². The number of nitrogens with one attached hydrogen (secondary N) is 1. The van der Waals surface area contributed by atoms with Gasteiger partial charge in [0.05, 0.1) is 0 Å². The largest absolute Gasteiger partial charge is 4.00 e. The molecule has 1 N–H and O–H groups in total. The third kappa shape index (κ3) is 9.99. The number of hydrogen-bond acceptors (Lipinski definition) is 0. The fourth-order valence-corrected chi connectivity index (χ4v) is 1.95. The van der Waals surface area contributed by atoms with Crippen molar-refractivity contribution in [2.75, 3.05) is 0 Å². The normalized spacial score (nSPS) is 14.2. The van der Waals surface area contributed by atoms with Crippen LogP contribution in [0.25, 0.3) is 5.73 Å². The van der Waals surface area contributed by atoms with Crippen molar-refractivity contribution in [1.29, 1.82) is 0 Å². The fourth-order valence-electron chi connectivity index (χ4n) is 1.95. The summed E-state index contributed by atoms with van der Waals surface area (Å²) in [7, 11) is 0. The topological polar surface area (TPSA) is 23.8 Å². The zero-order valence-electron chi connectivity index (χ0n) is 12.6. The first-order valence-corrected chi connectivity index (χ1v) is 6.15. The van der Waals surface area contributed by atoms with Crippen molar-refractivity contribution >= 4 is 0 Å². The van der Waals surface area contributed by atoms with Gasteiger partial charge in [-0.3, -0.25) is 0 Å². The second kappa shape index (κ2) is 13.5. The van der Waals surface area contributed by atoms with Crippen LogP contribution in [0.5, 0.6) is 0 Å². The average molecular weight is 283 g/mol. The van der Waals surface area contributed by atoms with E-state index in [2.05, 4.69) is 32.0 Å². The second-order valence-electron chi connectivity index (χ2n) is 4.49. The minimum absolute atomic E-state index is 0. The minimum atomic E-state index is 0. The Morgan fingerprint density at radius 3 is 1.94 bits per heavy atom. The summed E-state index contributed by atoms with van der Waals surface area (Å²) in [6.07, 6.45) is 7.44. The first kappa shape index (κ1) is 23.1. The van der Waals surface area contributed by atoms with Gasteiger partial charge in [0.15, 0.2) is 0 Å². The zero-order chi connectivity index (χ0) is 11.1. The van der Waals surface area contributed by atoms with Crippen molar-refractivity contribution in [3.8, 4) is 0 Å². The first-order valence-electron chi connectivity index (χ1n) is 6.15. The maximum atomic E-state index is 7.27. The molecule has 2 heteroatoms. The summed E-state index contributed by atoms with van der Waals surface area (Å²) in [5, 5.41) is 0. The molecular formula is C16H29NTi. The van der Waals surface area contributed by atoms with E-state index in [-0.39, 0.29) is 42.6 Å². The number of aryl methyl sites for hydroxylation is 2. The maximum Gasteiger partial charge on any atom is 4.00 e. The molecule has 2 rings (SSSR count). The Bertz CT molecular complexity index is 262. The molecule has 0 aromatic heterocycles. The molecule has 0 amide bonds. The van der Waals surface area contributed by atoms with Gasteiger partial charge in [0.2, 0.25) is 0 Å². The molecule has 102 valence electrons. The fraction of sp³-hybridized carbons (Fsp3) is 0.562. The first-order chi connectivity index (χ1) is 7.22. The molecule has 1 aliphatic carbocycles. The standard InChI is InChI=1S/C8H11.C6H12N.2CH3.Ti/c1-3-8-5-4-7(2)6-8;7-6-4-2-1-3-5-6;;;/h4-6H,3H2,1-2H3;6-7H,1-5H2;2*1H3;/q4*-1;+4. The van der Waals surface area contributed by atoms with Crippen LogP contribution in [0.3, 0.4) is 0 Å². The molecule has 0 aliphatic heterocycles. The molecule has 1 aromatic carbocycles. The van der Waals surface area contributed by atoms with Crippen molar-refractivity contribution in [3.63, 3.8) is 0 Å². The SMILES string of the molecule is CCc1ccc(C)[cH-]1.[CH3-].[CH3-].[NH-]C1CCCCC1.[Ti+4]. The van der Waals surface area contributed by atoms with Gasteiger partial charge in [0.1, 0.15) is 0 Å². The van der Waals surface area contributed by atoms with Crippen LogP contribution in [-0.4, -0.2) is 6.04 Å². The van der Waals surface area contributed by atoms with Crippen LogP contribution >= 0.6 is 0 Å². The Morgan fingerprint density at radius 2 is 1.72 bits per heavy atom. The van der Waals surface area contributed by atoms with Gasteiger partial charge < -0.3 is 20.6 Å². The van der Waals surface area contributed by atoms with Crippen LogP contribution in [0.4, 0.5) is 0 Å². The molecule has 1 saturated carbocycles. The molecule has 1 aromatic rings. The van der Waals surface area contributed by atoms with Crippen LogP contribution in [0.1, 0.15) is 50.2 Å². The third-order valence-corrected chi connectivity index (χ3v) is 2.99. The van der Waals surface area contributed by atoms with E-state index >= 15 is 0 Å². The smallest absolute Gasteiger partial charge is 0.675 e. The van der Waals surface area contributed by atoms with E-state index in [1.807, 2.05) is 0 Å². The van der Waals surface area contributed by atoms with Crippen LogP contribution in [0.15, 0.2) is 18.2 Å². The molecule has 0 spiro atoms. The molecule has 0 saturated heterocycles. The maximum absolute atomic E-state index is 7.27. The Morgan fingerprint density at radius 1 is 1.17 bits per heavy atom. The quantitative estimate of drug-likeness (QED) is 0.477. The van der Waals surface area contributed by atoms with E-state index in [4.69, 9.17) is 5.73 Å². The predicted octanol–water partition coefficient (Wildman–Crippen LogP) is 5.55. The van der Waals surface area contributed by atoms with Gasteiger partial charge >= 0.3 is 21.7 Å². The van der Waals surface area contributed by atoms with Gasteiger partial charge in [-0.2, -0.15) is 17.2 Å². The zero-order valence-corrected chi connectivity index (χ0v) is 14.1. The molecule has 18 heavy (non-hydrogen) atoms. The van der Waals surface area contributed by atoms with Crippen LogP contribution in [0, 0.1) is 21.8 Å². The molecule has 0 unspecified atom stereocenters. The van der Waals surface area contributed by atoms with Crippen molar-refractivity contribution < 1.29 is 21.7 Å². The molecule has 1 nitrogen and oxygen atoms in total. The summed E-state index contributed by atoms with van der Waals surface area (Å²) in [6, 6.07) is 6.84. The number of rotatable bonds is 1. The Labute approximate surface area is 130 Å². The Balaban J connectivity index is -0.000000215. The summed E-state index contributed by atoms with van der Waals surface area (Å²) >= 11 is 0. The molecule has 0 atom stereocenters. The van der Waals surface area contributed by atoms with E-state index in [1.165, 1.54) is 30.4 Å². The molecule has 1 aliphatic rings. The van der Waals surface area contributed by atoms with E-state index in [9.17, 15) is 0 Å². The van der Waals surface area contributed by atoms with E-state index in [1.54, 1.807) is 0 Å². The molecule has 0 bridgehead atoms. The Kier molecular flexibility index (Phi) is 17.3. The summed E-state index contributed by atoms with van der Waals surface area (Å²) in [5.74, 6) is 0. The minimum Gasteiger partial charge on any atom is -0.675 e. The van der Waals surface area contributed by atoms with Gasteiger partial charge in [-0.1, -0.05) is 52.4 Å². The Hall–Kier alpha value is 0.0243. The molecule has 1 fully saturated rings. The van der Waals surface area contributed by atoms with Crippen LogP contribution in [-0.2, 0) is 28.1 Å². The van der Waals surface area contributed by atoms with Gasteiger partial charge in [-0.05, 0) is 0 Å². The van der Waals surface area contributed by atoms with E-state index < -0.39 is 0 Å². The van der Waals surface area contributed by atoms with Crippen molar-refractivity contribution in [2.45, 2.75) is 58.4 Å². The number of hydrogen-bond donors (Lipinski definition) is 0. The van der Waals surface area contributed by atoms with Gasteiger partial charge in [-0.25, -0.2) is 12.1 Å². The van der Waals surface area contributed by atoms with E-state index in [0.717, 1.165) is 19.3 Å². The van der Waals surface area contributed by atoms with Crippen LogP contribution in [0.2, 0.25) is 0 Å². The molecular weight excluding hydrogens is 254 g/mol. The second-order valence-corrected chi connectivity index (χ2v) is 4.49. The van der Waals surface area contributed by atoms with Crippen LogP contribution < -0.4 is 0 Å². The average Bonchev–Trinajstić information content (AvgIpc) is 2.66. The van der Waals surface area contributed by atoms with Crippen molar-refractivity contribution in [1.82, 2.24) is 0 Å². The van der Waals surface area contributed by atoms with Crippen molar-refractivity contribution in [2.24, 2.45) is 0 Å². The monoisotopic (exact) mass is 283 g/mol. The predicted molar refractivity (Wildman–Crippen MR) is 80.2 cm³/mol. The third-order valence-electron chi connectivity index (χ3n) is 2.99. The van der Waals surface area contributed by atoms with Gasteiger partial charge in [0, 0.05) is 0 Å². The molecule has 0 radical (unpaired) electrons. The molecule has 0 heterocycles. The van der Waals surface area contributed by atoms with Crippen molar-refractivity contribution in [3.05, 3.63) is 49.9 Å². The summed E-state index contributed by atoms with van der Waals surface area (Å²) in [6.45, 7) is 4.30. The summed E-state index contributed by atoms with van der Waals surface area (Å²) < 4.78 is 0. The summed E-state index contributed by atoms with van der Waals surface area (Å²) in [4.78, 5) is 0. The van der Waals surface area contributed by atoms with E-state index in [0.29, 0.717) is 0 Å². The summed E-state index contributed by atoms with van der Waals surface area (Å²) in [5.41, 5.74) is 10.1. The van der Waals surface area contributed by atoms with Gasteiger partial charge in [-0.15, -0.1) is 6.04 Å².